The van der Waals surface area contributed by atoms with E-state index in [2.05, 4.69) is 32.6 Å². The summed E-state index contributed by atoms with van der Waals surface area (Å²) in [5, 5.41) is 0. The summed E-state index contributed by atoms with van der Waals surface area (Å²) in [4.78, 5) is 2.75. The van der Waals surface area contributed by atoms with Crippen molar-refractivity contribution in [3.8, 4) is 0 Å². The van der Waals surface area contributed by atoms with E-state index in [-0.39, 0.29) is 5.54 Å². The van der Waals surface area contributed by atoms with E-state index >= 15 is 0 Å². The highest BCUT2D eigenvalue weighted by atomic mass is 15.2. The summed E-state index contributed by atoms with van der Waals surface area (Å²) in [6.07, 6.45) is 7.76. The molecule has 0 spiro atoms. The molecule has 0 saturated carbocycles. The van der Waals surface area contributed by atoms with Crippen LogP contribution in [0.3, 0.4) is 0 Å². The Balaban J connectivity index is 2.81. The molecule has 17 heavy (non-hydrogen) atoms. The first-order valence-corrected chi connectivity index (χ1v) is 7.60. The Morgan fingerprint density at radius 1 is 1.35 bits per heavy atom. The fourth-order valence-electron chi connectivity index (χ4n) is 3.49. The minimum absolute atomic E-state index is 0.270. The highest BCUT2D eigenvalue weighted by Gasteiger charge is 2.40. The zero-order valence-electron chi connectivity index (χ0n) is 12.3. The lowest BCUT2D eigenvalue weighted by molar-refractivity contribution is 0.0524. The highest BCUT2D eigenvalue weighted by Crippen LogP contribution is 2.35. The maximum absolute atomic E-state index is 6.18. The van der Waals surface area contributed by atoms with E-state index in [1.54, 1.807) is 0 Å². The van der Waals surface area contributed by atoms with Gasteiger partial charge in [0.2, 0.25) is 0 Å². The van der Waals surface area contributed by atoms with E-state index < -0.39 is 0 Å². The molecule has 2 heteroatoms. The molecule has 1 fully saturated rings. The van der Waals surface area contributed by atoms with Crippen molar-refractivity contribution in [2.75, 3.05) is 13.1 Å². The second kappa shape index (κ2) is 6.75. The van der Waals surface area contributed by atoms with E-state index in [9.17, 15) is 0 Å². The SMILES string of the molecule is CCC(C)CC(CC)(CN)N1CCCC1CC. The number of hydrogen-bond donors (Lipinski definition) is 1. The van der Waals surface area contributed by atoms with Crippen LogP contribution in [0.1, 0.15) is 66.2 Å². The van der Waals surface area contributed by atoms with Crippen molar-refractivity contribution in [2.24, 2.45) is 11.7 Å². The number of rotatable bonds is 7. The van der Waals surface area contributed by atoms with Crippen LogP contribution in [0.25, 0.3) is 0 Å². The summed E-state index contributed by atoms with van der Waals surface area (Å²) in [7, 11) is 0. The van der Waals surface area contributed by atoms with Gasteiger partial charge in [-0.1, -0.05) is 34.1 Å². The number of hydrogen-bond acceptors (Lipinski definition) is 2. The smallest absolute Gasteiger partial charge is 0.0334 e. The molecule has 1 heterocycles. The number of nitrogens with two attached hydrogens (primary N) is 1. The third kappa shape index (κ3) is 3.23. The first-order chi connectivity index (χ1) is 8.13. The maximum atomic E-state index is 6.18. The highest BCUT2D eigenvalue weighted by molar-refractivity contribution is 4.97. The van der Waals surface area contributed by atoms with Gasteiger partial charge in [0.15, 0.2) is 0 Å². The topological polar surface area (TPSA) is 29.3 Å². The van der Waals surface area contributed by atoms with Crippen LogP contribution >= 0.6 is 0 Å². The molecular weight excluding hydrogens is 208 g/mol. The summed E-state index contributed by atoms with van der Waals surface area (Å²) in [5.74, 6) is 0.789. The standard InChI is InChI=1S/C15H32N2/c1-5-13(4)11-15(7-3,12-16)17-10-8-9-14(17)6-2/h13-14H,5-12,16H2,1-4H3. The molecule has 0 aromatic heterocycles. The van der Waals surface area contributed by atoms with Gasteiger partial charge in [0.25, 0.3) is 0 Å². The molecule has 0 aliphatic carbocycles. The second-order valence-corrected chi connectivity index (χ2v) is 5.90. The lowest BCUT2D eigenvalue weighted by atomic mass is 9.82. The normalized spacial score (nSPS) is 27.0. The lowest BCUT2D eigenvalue weighted by Crippen LogP contribution is -2.56. The van der Waals surface area contributed by atoms with Crippen LogP contribution in [0.2, 0.25) is 0 Å². The van der Waals surface area contributed by atoms with Crippen LogP contribution in [-0.2, 0) is 0 Å². The molecule has 1 aliphatic rings. The summed E-state index contributed by atoms with van der Waals surface area (Å²) < 4.78 is 0. The monoisotopic (exact) mass is 240 g/mol. The molecule has 0 aromatic rings. The van der Waals surface area contributed by atoms with E-state index in [4.69, 9.17) is 5.73 Å². The van der Waals surface area contributed by atoms with E-state index in [0.717, 1.165) is 18.5 Å². The molecule has 0 bridgehead atoms. The quantitative estimate of drug-likeness (QED) is 0.739. The molecule has 0 amide bonds. The zero-order valence-corrected chi connectivity index (χ0v) is 12.3. The Morgan fingerprint density at radius 3 is 2.53 bits per heavy atom. The van der Waals surface area contributed by atoms with Crippen molar-refractivity contribution in [2.45, 2.75) is 77.8 Å². The summed E-state index contributed by atoms with van der Waals surface area (Å²) in [6.45, 7) is 11.4. The number of nitrogens with zero attached hydrogens (tertiary/aromatic N) is 1. The van der Waals surface area contributed by atoms with Gasteiger partial charge in [-0.15, -0.1) is 0 Å². The molecule has 2 nitrogen and oxygen atoms in total. The molecule has 1 aliphatic heterocycles. The third-order valence-corrected chi connectivity index (χ3v) is 4.92. The Labute approximate surface area is 108 Å². The fraction of sp³-hybridized carbons (Fsp3) is 1.00. The predicted octanol–water partition coefficient (Wildman–Crippen LogP) is 3.40. The van der Waals surface area contributed by atoms with Crippen LogP contribution in [0.15, 0.2) is 0 Å². The van der Waals surface area contributed by atoms with Crippen molar-refractivity contribution in [1.82, 2.24) is 4.90 Å². The van der Waals surface area contributed by atoms with Crippen LogP contribution in [0.4, 0.5) is 0 Å². The molecule has 0 radical (unpaired) electrons. The lowest BCUT2D eigenvalue weighted by Gasteiger charge is -2.45. The van der Waals surface area contributed by atoms with Gasteiger partial charge < -0.3 is 5.73 Å². The average Bonchev–Trinajstić information content (AvgIpc) is 2.84. The van der Waals surface area contributed by atoms with E-state index in [0.29, 0.717) is 0 Å². The van der Waals surface area contributed by atoms with Crippen molar-refractivity contribution < 1.29 is 0 Å². The molecule has 1 saturated heterocycles. The van der Waals surface area contributed by atoms with Gasteiger partial charge in [-0.05, 0) is 44.6 Å². The minimum atomic E-state index is 0.270. The molecule has 0 aromatic carbocycles. The third-order valence-electron chi connectivity index (χ3n) is 4.92. The molecule has 2 N–H and O–H groups in total. The molecule has 3 atom stereocenters. The van der Waals surface area contributed by atoms with Gasteiger partial charge in [0.1, 0.15) is 0 Å². The van der Waals surface area contributed by atoms with E-state index in [1.165, 1.54) is 45.1 Å². The van der Waals surface area contributed by atoms with Crippen molar-refractivity contribution in [3.05, 3.63) is 0 Å². The van der Waals surface area contributed by atoms with Crippen LogP contribution in [0.5, 0.6) is 0 Å². The average molecular weight is 240 g/mol. The number of likely N-dealkylation sites (tertiary alicyclic amines) is 1. The van der Waals surface area contributed by atoms with Gasteiger partial charge in [-0.2, -0.15) is 0 Å². The Bertz CT molecular complexity index is 211. The minimum Gasteiger partial charge on any atom is -0.329 e. The largest absolute Gasteiger partial charge is 0.329 e. The fourth-order valence-corrected chi connectivity index (χ4v) is 3.49. The van der Waals surface area contributed by atoms with Gasteiger partial charge in [0, 0.05) is 18.1 Å². The van der Waals surface area contributed by atoms with Gasteiger partial charge in [0.05, 0.1) is 0 Å². The Hall–Kier alpha value is -0.0800. The van der Waals surface area contributed by atoms with Gasteiger partial charge >= 0.3 is 0 Å². The van der Waals surface area contributed by atoms with Crippen molar-refractivity contribution >= 4 is 0 Å². The predicted molar refractivity (Wildman–Crippen MR) is 76.2 cm³/mol. The van der Waals surface area contributed by atoms with Gasteiger partial charge in [-0.25, -0.2) is 0 Å². The summed E-state index contributed by atoms with van der Waals surface area (Å²) in [6, 6.07) is 0.780. The van der Waals surface area contributed by atoms with Crippen molar-refractivity contribution in [3.63, 3.8) is 0 Å². The first-order valence-electron chi connectivity index (χ1n) is 7.60. The Morgan fingerprint density at radius 2 is 2.06 bits per heavy atom. The summed E-state index contributed by atoms with van der Waals surface area (Å²) >= 11 is 0. The second-order valence-electron chi connectivity index (χ2n) is 5.90. The van der Waals surface area contributed by atoms with Crippen molar-refractivity contribution in [1.29, 1.82) is 0 Å². The molecule has 102 valence electrons. The molecular formula is C15H32N2. The maximum Gasteiger partial charge on any atom is 0.0334 e. The van der Waals surface area contributed by atoms with Crippen LogP contribution < -0.4 is 5.73 Å². The Kier molecular flexibility index (Phi) is 5.94. The molecule has 3 unspecified atom stereocenters. The van der Waals surface area contributed by atoms with Crippen LogP contribution in [0, 0.1) is 5.92 Å². The van der Waals surface area contributed by atoms with Gasteiger partial charge in [-0.3, -0.25) is 4.90 Å². The van der Waals surface area contributed by atoms with E-state index in [1.807, 2.05) is 0 Å². The summed E-state index contributed by atoms with van der Waals surface area (Å²) in [5.41, 5.74) is 6.45. The molecule has 1 rings (SSSR count). The zero-order chi connectivity index (χ0) is 12.9. The first kappa shape index (κ1) is 15.0. The van der Waals surface area contributed by atoms with Crippen LogP contribution in [-0.4, -0.2) is 29.6 Å².